The van der Waals surface area contributed by atoms with Gasteiger partial charge < -0.3 is 9.47 Å². The van der Waals surface area contributed by atoms with Gasteiger partial charge in [0.1, 0.15) is 12.2 Å². The van der Waals surface area contributed by atoms with Crippen molar-refractivity contribution in [2.75, 3.05) is 0 Å². The molecule has 8 atom stereocenters. The second-order valence-electron chi connectivity index (χ2n) is 10.8. The number of carbonyl (C=O) groups is 2. The molecule has 0 aromatic rings. The first kappa shape index (κ1) is 20.9. The highest BCUT2D eigenvalue weighted by Gasteiger charge is 2.59. The van der Waals surface area contributed by atoms with E-state index in [0.29, 0.717) is 5.92 Å². The zero-order valence-corrected chi connectivity index (χ0v) is 18.8. The molecule has 0 N–H and O–H groups in total. The van der Waals surface area contributed by atoms with E-state index in [4.69, 9.17) is 9.47 Å². The SMILES string of the molecule is CC(=O)O[C@@H]1CC[C@@]2(C)C(=CC[C@H]3[C@@H]4CC[C@H]([C@H](C)OC(C)=O)[C@@]4(C)CC[C@@H]32)C1. The Morgan fingerprint density at radius 2 is 1.79 bits per heavy atom. The predicted molar refractivity (Wildman–Crippen MR) is 112 cm³/mol. The highest BCUT2D eigenvalue weighted by Crippen LogP contribution is 2.66. The number of fused-ring (bicyclic) bond motifs is 5. The Bertz CT molecular complexity index is 712. The number of rotatable bonds is 3. The summed E-state index contributed by atoms with van der Waals surface area (Å²) in [5.41, 5.74) is 2.09. The zero-order chi connectivity index (χ0) is 21.0. The van der Waals surface area contributed by atoms with E-state index in [2.05, 4.69) is 26.8 Å². The van der Waals surface area contributed by atoms with Crippen LogP contribution in [0.4, 0.5) is 0 Å². The molecule has 0 aromatic heterocycles. The van der Waals surface area contributed by atoms with Gasteiger partial charge in [-0.05, 0) is 80.5 Å². The van der Waals surface area contributed by atoms with Crippen LogP contribution in [0.25, 0.3) is 0 Å². The summed E-state index contributed by atoms with van der Waals surface area (Å²) in [6.45, 7) is 10.1. The van der Waals surface area contributed by atoms with E-state index in [1.807, 2.05) is 0 Å². The average molecular weight is 403 g/mol. The van der Waals surface area contributed by atoms with Crippen molar-refractivity contribution in [3.05, 3.63) is 11.6 Å². The smallest absolute Gasteiger partial charge is 0.302 e. The van der Waals surface area contributed by atoms with Crippen molar-refractivity contribution in [1.82, 2.24) is 0 Å². The second-order valence-corrected chi connectivity index (χ2v) is 10.8. The molecule has 0 heterocycles. The van der Waals surface area contributed by atoms with E-state index in [-0.39, 0.29) is 35.0 Å². The first-order valence-corrected chi connectivity index (χ1v) is 11.7. The normalized spacial score (nSPS) is 44.6. The quantitative estimate of drug-likeness (QED) is 0.465. The number of hydrogen-bond acceptors (Lipinski definition) is 4. The molecule has 4 rings (SSSR count). The van der Waals surface area contributed by atoms with E-state index in [9.17, 15) is 9.59 Å². The molecule has 4 nitrogen and oxygen atoms in total. The topological polar surface area (TPSA) is 52.6 Å². The van der Waals surface area contributed by atoms with E-state index < -0.39 is 0 Å². The molecular formula is C25H38O4. The van der Waals surface area contributed by atoms with Crippen LogP contribution in [0.2, 0.25) is 0 Å². The van der Waals surface area contributed by atoms with Crippen molar-refractivity contribution >= 4 is 11.9 Å². The Labute approximate surface area is 175 Å². The third-order valence-electron chi connectivity index (χ3n) is 9.38. The first-order valence-electron chi connectivity index (χ1n) is 11.7. The summed E-state index contributed by atoms with van der Waals surface area (Å²) in [7, 11) is 0. The van der Waals surface area contributed by atoms with Gasteiger partial charge in [-0.15, -0.1) is 0 Å². The number of ether oxygens (including phenoxy) is 2. The van der Waals surface area contributed by atoms with Crippen molar-refractivity contribution in [2.45, 2.75) is 98.2 Å². The van der Waals surface area contributed by atoms with Crippen LogP contribution in [0, 0.1) is 34.5 Å². The van der Waals surface area contributed by atoms with Crippen LogP contribution in [0.1, 0.15) is 86.0 Å². The van der Waals surface area contributed by atoms with Crippen molar-refractivity contribution in [1.29, 1.82) is 0 Å². The molecule has 3 fully saturated rings. The Kier molecular flexibility index (Phi) is 5.36. The van der Waals surface area contributed by atoms with Gasteiger partial charge in [0.05, 0.1) is 0 Å². The Morgan fingerprint density at radius 1 is 1.03 bits per heavy atom. The van der Waals surface area contributed by atoms with Gasteiger partial charge in [0, 0.05) is 26.2 Å². The molecule has 0 aromatic carbocycles. The molecule has 0 spiro atoms. The van der Waals surface area contributed by atoms with Gasteiger partial charge in [-0.1, -0.05) is 25.5 Å². The summed E-state index contributed by atoms with van der Waals surface area (Å²) >= 11 is 0. The lowest BCUT2D eigenvalue weighted by Gasteiger charge is -2.58. The minimum atomic E-state index is -0.153. The van der Waals surface area contributed by atoms with Crippen LogP contribution in [0.15, 0.2) is 11.6 Å². The summed E-state index contributed by atoms with van der Waals surface area (Å²) < 4.78 is 11.2. The van der Waals surface area contributed by atoms with Crippen molar-refractivity contribution in [3.63, 3.8) is 0 Å². The van der Waals surface area contributed by atoms with Crippen LogP contribution in [0.5, 0.6) is 0 Å². The molecule has 0 radical (unpaired) electrons. The van der Waals surface area contributed by atoms with Crippen LogP contribution in [0.3, 0.4) is 0 Å². The van der Waals surface area contributed by atoms with Crippen LogP contribution < -0.4 is 0 Å². The summed E-state index contributed by atoms with van der Waals surface area (Å²) in [5.74, 6) is 2.38. The maximum absolute atomic E-state index is 11.5. The Balaban J connectivity index is 1.54. The molecule has 0 aliphatic heterocycles. The van der Waals surface area contributed by atoms with E-state index in [0.717, 1.165) is 43.4 Å². The number of esters is 2. The maximum Gasteiger partial charge on any atom is 0.302 e. The molecule has 4 heteroatoms. The largest absolute Gasteiger partial charge is 0.463 e. The van der Waals surface area contributed by atoms with Crippen molar-refractivity contribution < 1.29 is 19.1 Å². The minimum absolute atomic E-state index is 0.0171. The molecule has 4 aliphatic rings. The van der Waals surface area contributed by atoms with Crippen LogP contribution >= 0.6 is 0 Å². The predicted octanol–water partition coefficient (Wildman–Crippen LogP) is 5.45. The molecular weight excluding hydrogens is 364 g/mol. The third-order valence-corrected chi connectivity index (χ3v) is 9.38. The van der Waals surface area contributed by atoms with Gasteiger partial charge in [0.2, 0.25) is 0 Å². The van der Waals surface area contributed by atoms with Crippen LogP contribution in [-0.4, -0.2) is 24.1 Å². The van der Waals surface area contributed by atoms with Gasteiger partial charge in [-0.2, -0.15) is 0 Å². The lowest BCUT2D eigenvalue weighted by molar-refractivity contribution is -0.153. The molecule has 0 amide bonds. The Morgan fingerprint density at radius 3 is 2.48 bits per heavy atom. The molecule has 0 unspecified atom stereocenters. The van der Waals surface area contributed by atoms with E-state index in [1.165, 1.54) is 39.5 Å². The van der Waals surface area contributed by atoms with Gasteiger partial charge >= 0.3 is 11.9 Å². The van der Waals surface area contributed by atoms with E-state index >= 15 is 0 Å². The lowest BCUT2D eigenvalue weighted by atomic mass is 9.47. The molecule has 4 aliphatic carbocycles. The molecule has 3 saturated carbocycles. The summed E-state index contributed by atoms with van der Waals surface area (Å²) in [5, 5.41) is 0. The fraction of sp³-hybridized carbons (Fsp3) is 0.840. The monoisotopic (exact) mass is 402 g/mol. The zero-order valence-electron chi connectivity index (χ0n) is 18.8. The second kappa shape index (κ2) is 7.42. The number of hydrogen-bond donors (Lipinski definition) is 0. The summed E-state index contributed by atoms with van der Waals surface area (Å²) in [4.78, 5) is 23.0. The molecule has 0 bridgehead atoms. The first-order chi connectivity index (χ1) is 13.6. The maximum atomic E-state index is 11.5. The molecule has 0 saturated heterocycles. The fourth-order valence-electron chi connectivity index (χ4n) is 8.12. The highest BCUT2D eigenvalue weighted by molar-refractivity contribution is 5.66. The van der Waals surface area contributed by atoms with Crippen molar-refractivity contribution in [3.8, 4) is 0 Å². The highest BCUT2D eigenvalue weighted by atomic mass is 16.5. The fourth-order valence-corrected chi connectivity index (χ4v) is 8.12. The lowest BCUT2D eigenvalue weighted by Crippen LogP contribution is -2.51. The van der Waals surface area contributed by atoms with E-state index in [1.54, 1.807) is 5.57 Å². The van der Waals surface area contributed by atoms with Gasteiger partial charge in [-0.3, -0.25) is 9.59 Å². The third kappa shape index (κ3) is 3.45. The average Bonchev–Trinajstić information content (AvgIpc) is 2.98. The van der Waals surface area contributed by atoms with Gasteiger partial charge in [0.15, 0.2) is 0 Å². The van der Waals surface area contributed by atoms with Gasteiger partial charge in [-0.25, -0.2) is 0 Å². The van der Waals surface area contributed by atoms with Crippen LogP contribution in [-0.2, 0) is 19.1 Å². The molecule has 29 heavy (non-hydrogen) atoms. The Hall–Kier alpha value is -1.32. The standard InChI is InChI=1S/C25H38O4/c1-15(28-16(2)26)21-8-9-22-20-7-6-18-14-19(29-17(3)27)10-12-24(18,4)23(20)11-13-25(21,22)5/h6,15,19-23H,7-14H2,1-5H3/t15-,19+,20-,21+,22-,23-,24-,25+/m0/s1. The molecule has 162 valence electrons. The number of allylic oxidation sites excluding steroid dienone is 1. The van der Waals surface area contributed by atoms with Crippen molar-refractivity contribution in [2.24, 2.45) is 34.5 Å². The van der Waals surface area contributed by atoms with Gasteiger partial charge in [0.25, 0.3) is 0 Å². The summed E-state index contributed by atoms with van der Waals surface area (Å²) in [6.07, 6.45) is 11.8. The minimum Gasteiger partial charge on any atom is -0.463 e. The summed E-state index contributed by atoms with van der Waals surface area (Å²) in [6, 6.07) is 0. The number of carbonyl (C=O) groups excluding carboxylic acids is 2.